The van der Waals surface area contributed by atoms with E-state index in [1.54, 1.807) is 24.9 Å². The summed E-state index contributed by atoms with van der Waals surface area (Å²) in [5, 5.41) is 9.29. The summed E-state index contributed by atoms with van der Waals surface area (Å²) in [5.74, 6) is 1.53. The van der Waals surface area contributed by atoms with E-state index < -0.39 is 0 Å². The van der Waals surface area contributed by atoms with Gasteiger partial charge in [-0.15, -0.1) is 0 Å². The van der Waals surface area contributed by atoms with E-state index in [-0.39, 0.29) is 0 Å². The lowest BCUT2D eigenvalue weighted by Gasteiger charge is -2.09. The molecule has 0 heterocycles. The minimum Gasteiger partial charge on any atom is -0.495 e. The Balaban J connectivity index is 2.72. The van der Waals surface area contributed by atoms with Crippen molar-refractivity contribution in [1.82, 2.24) is 0 Å². The van der Waals surface area contributed by atoms with E-state index in [9.17, 15) is 0 Å². The van der Waals surface area contributed by atoms with Crippen molar-refractivity contribution in [2.45, 2.75) is 17.9 Å². The molecule has 0 aliphatic carbocycles. The zero-order valence-corrected chi connectivity index (χ0v) is 10.4. The highest BCUT2D eigenvalue weighted by atomic mass is 32.2. The maximum Gasteiger partial charge on any atom is 0.136 e. The summed E-state index contributed by atoms with van der Waals surface area (Å²) < 4.78 is 5.15. The number of nitrogens with two attached hydrogens (primary N) is 1. The van der Waals surface area contributed by atoms with Gasteiger partial charge in [0.1, 0.15) is 11.8 Å². The second-order valence-corrected chi connectivity index (χ2v) is 4.93. The Morgan fingerprint density at radius 2 is 2.31 bits per heavy atom. The number of hydrogen-bond acceptors (Lipinski definition) is 4. The molecular formula is C12H16N2OS. The van der Waals surface area contributed by atoms with Crippen molar-refractivity contribution < 1.29 is 4.74 Å². The first-order valence-electron chi connectivity index (χ1n) is 5.10. The van der Waals surface area contributed by atoms with E-state index >= 15 is 0 Å². The summed E-state index contributed by atoms with van der Waals surface area (Å²) in [5.41, 5.74) is 7.28. The second-order valence-electron chi connectivity index (χ2n) is 3.50. The third kappa shape index (κ3) is 3.44. The number of ether oxygens (including phenoxy) is 1. The van der Waals surface area contributed by atoms with Crippen molar-refractivity contribution in [3.63, 3.8) is 0 Å². The SMILES string of the molecule is COc1cc(CSC(C)CN)ccc1C#N. The van der Waals surface area contributed by atoms with E-state index in [2.05, 4.69) is 13.0 Å². The molecule has 16 heavy (non-hydrogen) atoms. The van der Waals surface area contributed by atoms with Crippen molar-refractivity contribution in [3.8, 4) is 11.8 Å². The molecule has 0 fully saturated rings. The fraction of sp³-hybridized carbons (Fsp3) is 0.417. The first kappa shape index (κ1) is 12.9. The monoisotopic (exact) mass is 236 g/mol. The Morgan fingerprint density at radius 3 is 2.88 bits per heavy atom. The van der Waals surface area contributed by atoms with Gasteiger partial charge in [0.25, 0.3) is 0 Å². The summed E-state index contributed by atoms with van der Waals surface area (Å²) in [6.45, 7) is 2.78. The predicted molar refractivity (Wildman–Crippen MR) is 67.5 cm³/mol. The number of rotatable bonds is 5. The number of hydrogen-bond donors (Lipinski definition) is 1. The summed E-state index contributed by atoms with van der Waals surface area (Å²) >= 11 is 1.80. The van der Waals surface area contributed by atoms with Gasteiger partial charge in [-0.3, -0.25) is 0 Å². The Morgan fingerprint density at radius 1 is 1.56 bits per heavy atom. The van der Waals surface area contributed by atoms with Crippen LogP contribution in [0.2, 0.25) is 0 Å². The molecule has 0 amide bonds. The number of benzene rings is 1. The Kier molecular flexibility index (Phi) is 5.17. The molecular weight excluding hydrogens is 220 g/mol. The molecule has 0 saturated heterocycles. The molecule has 3 nitrogen and oxygen atoms in total. The molecule has 1 aromatic rings. The minimum atomic E-state index is 0.446. The molecule has 0 bridgehead atoms. The third-order valence-electron chi connectivity index (χ3n) is 2.25. The van der Waals surface area contributed by atoms with Gasteiger partial charge in [-0.1, -0.05) is 13.0 Å². The lowest BCUT2D eigenvalue weighted by atomic mass is 10.1. The average Bonchev–Trinajstić information content (AvgIpc) is 2.35. The van der Waals surface area contributed by atoms with Crippen molar-refractivity contribution in [2.75, 3.05) is 13.7 Å². The molecule has 1 aromatic carbocycles. The van der Waals surface area contributed by atoms with Gasteiger partial charge < -0.3 is 10.5 Å². The van der Waals surface area contributed by atoms with E-state index in [1.807, 2.05) is 12.1 Å². The van der Waals surface area contributed by atoms with Crippen LogP contribution < -0.4 is 10.5 Å². The summed E-state index contributed by atoms with van der Waals surface area (Å²) in [6.07, 6.45) is 0. The molecule has 0 radical (unpaired) electrons. The van der Waals surface area contributed by atoms with Gasteiger partial charge in [0.05, 0.1) is 12.7 Å². The fourth-order valence-corrected chi connectivity index (χ4v) is 2.02. The van der Waals surface area contributed by atoms with Crippen molar-refractivity contribution in [1.29, 1.82) is 5.26 Å². The lowest BCUT2D eigenvalue weighted by molar-refractivity contribution is 0.413. The highest BCUT2D eigenvalue weighted by molar-refractivity contribution is 7.99. The van der Waals surface area contributed by atoms with Gasteiger partial charge in [-0.25, -0.2) is 0 Å². The van der Waals surface area contributed by atoms with E-state index in [1.165, 1.54) is 0 Å². The molecule has 1 atom stereocenters. The van der Waals surface area contributed by atoms with E-state index in [0.29, 0.717) is 23.1 Å². The molecule has 0 saturated carbocycles. The number of methoxy groups -OCH3 is 1. The number of nitriles is 1. The fourth-order valence-electron chi connectivity index (χ4n) is 1.22. The zero-order valence-electron chi connectivity index (χ0n) is 9.56. The largest absolute Gasteiger partial charge is 0.495 e. The maximum absolute atomic E-state index is 8.84. The highest BCUT2D eigenvalue weighted by Gasteiger charge is 2.05. The van der Waals surface area contributed by atoms with Gasteiger partial charge in [0, 0.05) is 17.5 Å². The average molecular weight is 236 g/mol. The van der Waals surface area contributed by atoms with Crippen molar-refractivity contribution in [2.24, 2.45) is 5.73 Å². The van der Waals surface area contributed by atoms with Gasteiger partial charge in [0.2, 0.25) is 0 Å². The van der Waals surface area contributed by atoms with Gasteiger partial charge in [-0.2, -0.15) is 17.0 Å². The smallest absolute Gasteiger partial charge is 0.136 e. The first-order chi connectivity index (χ1) is 7.71. The molecule has 0 aromatic heterocycles. The standard InChI is InChI=1S/C12H16N2OS/c1-9(6-13)16-8-10-3-4-11(7-14)12(5-10)15-2/h3-5,9H,6,8,13H2,1-2H3. The summed E-state index contributed by atoms with van der Waals surface area (Å²) in [6, 6.07) is 7.76. The first-order valence-corrected chi connectivity index (χ1v) is 6.14. The van der Waals surface area contributed by atoms with Crippen LogP contribution in [0.1, 0.15) is 18.1 Å². The second kappa shape index (κ2) is 6.41. The minimum absolute atomic E-state index is 0.446. The maximum atomic E-state index is 8.84. The van der Waals surface area contributed by atoms with E-state index in [4.69, 9.17) is 15.7 Å². The van der Waals surface area contributed by atoms with Crippen LogP contribution in [0.25, 0.3) is 0 Å². The molecule has 4 heteroatoms. The Hall–Kier alpha value is -1.18. The Labute approximate surface area is 101 Å². The van der Waals surface area contributed by atoms with Crippen LogP contribution in [-0.4, -0.2) is 18.9 Å². The summed E-state index contributed by atoms with van der Waals surface area (Å²) in [7, 11) is 1.58. The molecule has 2 N–H and O–H groups in total. The van der Waals surface area contributed by atoms with Crippen LogP contribution in [0.4, 0.5) is 0 Å². The van der Waals surface area contributed by atoms with Crippen LogP contribution in [0, 0.1) is 11.3 Å². The van der Waals surface area contributed by atoms with E-state index in [0.717, 1.165) is 11.3 Å². The topological polar surface area (TPSA) is 59.0 Å². The predicted octanol–water partition coefficient (Wildman–Crippen LogP) is 2.15. The van der Waals surface area contributed by atoms with Crippen LogP contribution >= 0.6 is 11.8 Å². The van der Waals surface area contributed by atoms with Crippen molar-refractivity contribution in [3.05, 3.63) is 29.3 Å². The van der Waals surface area contributed by atoms with Gasteiger partial charge in [0.15, 0.2) is 0 Å². The van der Waals surface area contributed by atoms with Crippen LogP contribution in [0.15, 0.2) is 18.2 Å². The van der Waals surface area contributed by atoms with Crippen LogP contribution in [-0.2, 0) is 5.75 Å². The molecule has 0 aliphatic heterocycles. The van der Waals surface area contributed by atoms with Crippen LogP contribution in [0.5, 0.6) is 5.75 Å². The number of thioether (sulfide) groups is 1. The molecule has 86 valence electrons. The quantitative estimate of drug-likeness (QED) is 0.851. The lowest BCUT2D eigenvalue weighted by Crippen LogP contribution is -2.12. The summed E-state index contributed by atoms with van der Waals surface area (Å²) in [4.78, 5) is 0. The van der Waals surface area contributed by atoms with Crippen molar-refractivity contribution >= 4 is 11.8 Å². The van der Waals surface area contributed by atoms with Gasteiger partial charge in [-0.05, 0) is 17.7 Å². The third-order valence-corrected chi connectivity index (χ3v) is 3.51. The molecule has 1 rings (SSSR count). The number of nitrogens with zero attached hydrogens (tertiary/aromatic N) is 1. The molecule has 1 unspecified atom stereocenters. The zero-order chi connectivity index (χ0) is 12.0. The molecule has 0 aliphatic rings. The van der Waals surface area contributed by atoms with Crippen LogP contribution in [0.3, 0.4) is 0 Å². The molecule has 0 spiro atoms. The normalized spacial score (nSPS) is 11.9. The van der Waals surface area contributed by atoms with Gasteiger partial charge >= 0.3 is 0 Å². The highest BCUT2D eigenvalue weighted by Crippen LogP contribution is 2.23. The Bertz CT molecular complexity index is 387.